The summed E-state index contributed by atoms with van der Waals surface area (Å²) in [5.74, 6) is 0.756. The summed E-state index contributed by atoms with van der Waals surface area (Å²) in [6.07, 6.45) is 4.04. The van der Waals surface area contributed by atoms with E-state index in [9.17, 15) is 4.79 Å². The van der Waals surface area contributed by atoms with Crippen molar-refractivity contribution in [3.8, 4) is 0 Å². The lowest BCUT2D eigenvalue weighted by Gasteiger charge is -2.33. The van der Waals surface area contributed by atoms with Crippen LogP contribution >= 0.6 is 0 Å². The molecule has 6 heteroatoms. The Labute approximate surface area is 169 Å². The van der Waals surface area contributed by atoms with Gasteiger partial charge in [0.05, 0.1) is 0 Å². The van der Waals surface area contributed by atoms with Crippen molar-refractivity contribution in [2.45, 2.75) is 37.3 Å². The van der Waals surface area contributed by atoms with E-state index in [4.69, 9.17) is 4.63 Å². The summed E-state index contributed by atoms with van der Waals surface area (Å²) in [6.45, 7) is 2.69. The maximum Gasteiger partial charge on any atom is 0.243 e. The van der Waals surface area contributed by atoms with Gasteiger partial charge in [-0.1, -0.05) is 36.4 Å². The number of rotatable bonds is 4. The highest BCUT2D eigenvalue weighted by Gasteiger charge is 2.64. The molecule has 3 aliphatic rings. The number of hydrogen-bond acceptors (Lipinski definition) is 5. The molecule has 0 bridgehead atoms. The zero-order valence-electron chi connectivity index (χ0n) is 16.3. The maximum absolute atomic E-state index is 13.6. The molecule has 3 saturated heterocycles. The van der Waals surface area contributed by atoms with Crippen molar-refractivity contribution in [2.24, 2.45) is 5.92 Å². The number of hydrogen-bond donors (Lipinski definition) is 0. The van der Waals surface area contributed by atoms with Crippen LogP contribution in [-0.4, -0.2) is 51.2 Å². The quantitative estimate of drug-likeness (QED) is 0.687. The highest BCUT2D eigenvalue weighted by atomic mass is 16.6. The normalized spacial score (nSPS) is 29.0. The van der Waals surface area contributed by atoms with Crippen molar-refractivity contribution in [3.05, 3.63) is 59.7 Å². The minimum absolute atomic E-state index is 0.281. The molecule has 1 spiro atoms. The van der Waals surface area contributed by atoms with Gasteiger partial charge >= 0.3 is 0 Å². The summed E-state index contributed by atoms with van der Waals surface area (Å²) in [5.41, 5.74) is 3.81. The first-order valence-corrected chi connectivity index (χ1v) is 10.6. The van der Waals surface area contributed by atoms with E-state index in [1.165, 1.54) is 11.1 Å². The van der Waals surface area contributed by atoms with Crippen LogP contribution in [0.5, 0.6) is 0 Å². The lowest BCUT2D eigenvalue weighted by molar-refractivity contribution is -0.136. The first-order chi connectivity index (χ1) is 14.3. The molecule has 3 atom stereocenters. The Balaban J connectivity index is 1.26. The monoisotopic (exact) mass is 388 g/mol. The predicted octanol–water partition coefficient (Wildman–Crippen LogP) is 3.20. The molecule has 4 heterocycles. The van der Waals surface area contributed by atoms with E-state index in [1.54, 1.807) is 0 Å². The van der Waals surface area contributed by atoms with E-state index < -0.39 is 0 Å². The van der Waals surface area contributed by atoms with E-state index in [0.29, 0.717) is 11.8 Å². The van der Waals surface area contributed by atoms with Crippen molar-refractivity contribution in [2.75, 3.05) is 19.6 Å². The minimum atomic E-state index is -0.293. The Kier molecular flexibility index (Phi) is 3.78. The van der Waals surface area contributed by atoms with E-state index in [2.05, 4.69) is 56.5 Å². The zero-order chi connectivity index (χ0) is 19.4. The van der Waals surface area contributed by atoms with Crippen molar-refractivity contribution in [3.63, 3.8) is 0 Å². The number of aromatic nitrogens is 2. The molecule has 0 saturated carbocycles. The Morgan fingerprint density at radius 2 is 1.97 bits per heavy atom. The smallest absolute Gasteiger partial charge is 0.243 e. The van der Waals surface area contributed by atoms with Gasteiger partial charge in [-0.15, -0.1) is 0 Å². The minimum Gasteiger partial charge on any atom is -0.340 e. The van der Waals surface area contributed by atoms with Gasteiger partial charge in [-0.3, -0.25) is 9.69 Å². The van der Waals surface area contributed by atoms with Crippen molar-refractivity contribution >= 4 is 16.9 Å². The third-order valence-electron chi connectivity index (χ3n) is 7.30. The van der Waals surface area contributed by atoms with Crippen LogP contribution in [0.1, 0.15) is 36.4 Å². The zero-order valence-corrected chi connectivity index (χ0v) is 16.3. The topological polar surface area (TPSA) is 62.5 Å². The van der Waals surface area contributed by atoms with Gasteiger partial charge in [0.1, 0.15) is 16.6 Å². The van der Waals surface area contributed by atoms with Crippen LogP contribution in [0.15, 0.2) is 53.2 Å². The van der Waals surface area contributed by atoms with Crippen LogP contribution in [0.25, 0.3) is 11.0 Å². The summed E-state index contributed by atoms with van der Waals surface area (Å²) in [5, 5.41) is 7.92. The lowest BCUT2D eigenvalue weighted by Crippen LogP contribution is -2.49. The molecule has 0 N–H and O–H groups in total. The van der Waals surface area contributed by atoms with Gasteiger partial charge in [0.25, 0.3) is 0 Å². The number of nitrogens with zero attached hydrogens (tertiary/aromatic N) is 4. The molecule has 6 rings (SSSR count). The lowest BCUT2D eigenvalue weighted by atomic mass is 9.85. The summed E-state index contributed by atoms with van der Waals surface area (Å²) in [6, 6.07) is 16.9. The number of likely N-dealkylation sites (tertiary alicyclic amines) is 1. The summed E-state index contributed by atoms with van der Waals surface area (Å²) < 4.78 is 4.86. The molecule has 3 fully saturated rings. The molecular formula is C23H24N4O2. The predicted molar refractivity (Wildman–Crippen MR) is 108 cm³/mol. The molecule has 3 aliphatic heterocycles. The molecule has 29 heavy (non-hydrogen) atoms. The van der Waals surface area contributed by atoms with E-state index in [1.807, 2.05) is 12.1 Å². The highest BCUT2D eigenvalue weighted by molar-refractivity contribution is 5.90. The van der Waals surface area contributed by atoms with Crippen LogP contribution in [0, 0.1) is 5.92 Å². The molecule has 1 aromatic heterocycles. The number of benzene rings is 2. The van der Waals surface area contributed by atoms with Crippen molar-refractivity contribution < 1.29 is 9.42 Å². The fourth-order valence-electron chi connectivity index (χ4n) is 6.00. The fourth-order valence-corrected chi connectivity index (χ4v) is 6.00. The molecular weight excluding hydrogens is 364 g/mol. The van der Waals surface area contributed by atoms with E-state index >= 15 is 0 Å². The Morgan fingerprint density at radius 3 is 2.86 bits per heavy atom. The maximum atomic E-state index is 13.6. The van der Waals surface area contributed by atoms with Crippen LogP contribution in [0.2, 0.25) is 0 Å². The van der Waals surface area contributed by atoms with Crippen LogP contribution in [0.4, 0.5) is 0 Å². The fraction of sp³-hybridized carbons (Fsp3) is 0.435. The van der Waals surface area contributed by atoms with Gasteiger partial charge < -0.3 is 4.90 Å². The number of carbonyl (C=O) groups excluding carboxylic acids is 1. The molecule has 1 amide bonds. The van der Waals surface area contributed by atoms with E-state index in [-0.39, 0.29) is 11.6 Å². The molecule has 6 nitrogen and oxygen atoms in total. The van der Waals surface area contributed by atoms with Crippen LogP contribution < -0.4 is 0 Å². The summed E-state index contributed by atoms with van der Waals surface area (Å²) in [4.78, 5) is 18.2. The molecule has 2 aromatic carbocycles. The van der Waals surface area contributed by atoms with Gasteiger partial charge in [-0.2, -0.15) is 0 Å². The second kappa shape index (κ2) is 6.39. The van der Waals surface area contributed by atoms with Gasteiger partial charge in [0.15, 0.2) is 0 Å². The number of fused-ring (bicyclic) bond motifs is 1. The van der Waals surface area contributed by atoms with Crippen molar-refractivity contribution in [1.29, 1.82) is 0 Å². The second-order valence-electron chi connectivity index (χ2n) is 8.67. The van der Waals surface area contributed by atoms with Crippen LogP contribution in [0.3, 0.4) is 0 Å². The Hall–Kier alpha value is -2.73. The third kappa shape index (κ3) is 2.48. The summed E-state index contributed by atoms with van der Waals surface area (Å²) in [7, 11) is 0. The molecule has 0 unspecified atom stereocenters. The second-order valence-corrected chi connectivity index (χ2v) is 8.67. The standard InChI is InChI=1S/C23H24N4O2/c28-22-23-10-4-11-27(23)21(17-7-8-19-20(13-17)25-29-24-19)14-18(23)15-26(22)12-9-16-5-2-1-3-6-16/h1-3,5-8,13,18,21H,4,9-12,14-15H2/t18-,21-,23-/m0/s1. The largest absolute Gasteiger partial charge is 0.340 e. The molecule has 3 aromatic rings. The van der Waals surface area contributed by atoms with Gasteiger partial charge in [-0.25, -0.2) is 4.63 Å². The first-order valence-electron chi connectivity index (χ1n) is 10.6. The first kappa shape index (κ1) is 17.2. The summed E-state index contributed by atoms with van der Waals surface area (Å²) >= 11 is 0. The van der Waals surface area contributed by atoms with Gasteiger partial charge in [0, 0.05) is 25.0 Å². The molecule has 148 valence electrons. The highest BCUT2D eigenvalue weighted by Crippen LogP contribution is 2.56. The average Bonchev–Trinajstić information content (AvgIpc) is 3.49. The average molecular weight is 388 g/mol. The number of carbonyl (C=O) groups is 1. The van der Waals surface area contributed by atoms with Gasteiger partial charge in [0.2, 0.25) is 5.91 Å². The Morgan fingerprint density at radius 1 is 1.10 bits per heavy atom. The molecule has 0 radical (unpaired) electrons. The van der Waals surface area contributed by atoms with Gasteiger partial charge in [-0.05, 0) is 65.8 Å². The van der Waals surface area contributed by atoms with E-state index in [0.717, 1.165) is 56.4 Å². The SMILES string of the molecule is O=C1N(CCc2ccccc2)C[C@@H]2C[C@@H](c3ccc4nonc4c3)N3CCC[C@@]123. The number of amides is 1. The third-order valence-corrected chi connectivity index (χ3v) is 7.30. The molecule has 0 aliphatic carbocycles. The Bertz CT molecular complexity index is 1060. The van der Waals surface area contributed by atoms with Crippen LogP contribution in [-0.2, 0) is 11.2 Å². The van der Waals surface area contributed by atoms with Crippen molar-refractivity contribution in [1.82, 2.24) is 20.1 Å².